The van der Waals surface area contributed by atoms with E-state index in [1.54, 1.807) is 6.92 Å². The zero-order valence-corrected chi connectivity index (χ0v) is 10.2. The molecule has 5 nitrogen and oxygen atoms in total. The number of methoxy groups -OCH3 is 1. The van der Waals surface area contributed by atoms with Gasteiger partial charge >= 0.3 is 5.97 Å². The third-order valence-corrected chi connectivity index (χ3v) is 2.81. The van der Waals surface area contributed by atoms with Crippen molar-refractivity contribution in [2.24, 2.45) is 0 Å². The Balaban J connectivity index is 2.47. The number of hydrogen-bond acceptors (Lipinski definition) is 5. The van der Waals surface area contributed by atoms with Gasteiger partial charge in [-0.15, -0.1) is 0 Å². The number of fused-ring (bicyclic) bond motifs is 1. The average Bonchev–Trinajstić information content (AvgIpc) is 2.26. The van der Waals surface area contributed by atoms with Crippen molar-refractivity contribution in [3.05, 3.63) is 23.3 Å². The molecule has 0 fully saturated rings. The van der Waals surface area contributed by atoms with Crippen LogP contribution in [0.25, 0.3) is 0 Å². The van der Waals surface area contributed by atoms with Gasteiger partial charge in [0, 0.05) is 12.5 Å². The van der Waals surface area contributed by atoms with E-state index in [-0.39, 0.29) is 30.5 Å². The molecule has 1 aromatic carbocycles. The van der Waals surface area contributed by atoms with Gasteiger partial charge in [0.25, 0.3) is 0 Å². The minimum absolute atomic E-state index is 0.0328. The van der Waals surface area contributed by atoms with Crippen LogP contribution in [-0.2, 0) is 16.0 Å². The number of rotatable bonds is 2. The van der Waals surface area contributed by atoms with E-state index in [1.165, 1.54) is 19.2 Å². The zero-order chi connectivity index (χ0) is 13.3. The van der Waals surface area contributed by atoms with Crippen LogP contribution in [0.1, 0.15) is 29.3 Å². The third-order valence-electron chi connectivity index (χ3n) is 2.81. The molecule has 0 saturated heterocycles. The number of Topliss-reactive ketones (excluding diaryl/α,β-unsaturated/α-hetero) is 1. The number of carbonyl (C=O) groups excluding carboxylic acids is 2. The van der Waals surface area contributed by atoms with E-state index >= 15 is 0 Å². The van der Waals surface area contributed by atoms with E-state index in [9.17, 15) is 14.7 Å². The Kier molecular flexibility index (Phi) is 3.23. The monoisotopic (exact) mass is 250 g/mol. The van der Waals surface area contributed by atoms with E-state index in [0.29, 0.717) is 16.9 Å². The van der Waals surface area contributed by atoms with E-state index in [0.717, 1.165) is 0 Å². The van der Waals surface area contributed by atoms with Crippen molar-refractivity contribution in [1.29, 1.82) is 0 Å². The third kappa shape index (κ3) is 2.30. The molecule has 1 atom stereocenters. The minimum atomic E-state index is -0.464. The van der Waals surface area contributed by atoms with Crippen molar-refractivity contribution in [1.82, 2.24) is 0 Å². The topological polar surface area (TPSA) is 72.8 Å². The number of ether oxygens (including phenoxy) is 2. The van der Waals surface area contributed by atoms with Gasteiger partial charge in [0.1, 0.15) is 17.6 Å². The minimum Gasteiger partial charge on any atom is -0.508 e. The molecule has 0 aromatic heterocycles. The number of phenolic OH excluding ortho intramolecular Hbond substituents is 1. The normalized spacial score (nSPS) is 17.9. The predicted molar refractivity (Wildman–Crippen MR) is 62.9 cm³/mol. The molecule has 1 heterocycles. The van der Waals surface area contributed by atoms with Crippen LogP contribution in [-0.4, -0.2) is 30.1 Å². The molecular formula is C13H14O5. The molecule has 5 heteroatoms. The summed E-state index contributed by atoms with van der Waals surface area (Å²) in [5.74, 6) is -0.246. The highest BCUT2D eigenvalue weighted by atomic mass is 16.5. The summed E-state index contributed by atoms with van der Waals surface area (Å²) in [6, 6.07) is 2.79. The first-order valence-electron chi connectivity index (χ1n) is 5.64. The smallest absolute Gasteiger partial charge is 0.310 e. The lowest BCUT2D eigenvalue weighted by atomic mass is 9.94. The molecule has 0 amide bonds. The van der Waals surface area contributed by atoms with Crippen molar-refractivity contribution in [3.63, 3.8) is 0 Å². The number of phenols is 1. The van der Waals surface area contributed by atoms with E-state index in [4.69, 9.17) is 4.74 Å². The van der Waals surface area contributed by atoms with Gasteiger partial charge in [-0.1, -0.05) is 0 Å². The van der Waals surface area contributed by atoms with Crippen LogP contribution in [0.2, 0.25) is 0 Å². The Morgan fingerprint density at radius 3 is 2.94 bits per heavy atom. The van der Waals surface area contributed by atoms with Gasteiger partial charge in [-0.3, -0.25) is 9.59 Å². The first-order valence-corrected chi connectivity index (χ1v) is 5.64. The summed E-state index contributed by atoms with van der Waals surface area (Å²) in [7, 11) is 1.28. The summed E-state index contributed by atoms with van der Waals surface area (Å²) in [6.07, 6.45) is -0.0133. The van der Waals surface area contributed by atoms with Gasteiger partial charge in [0.2, 0.25) is 0 Å². The van der Waals surface area contributed by atoms with Crippen LogP contribution in [0.15, 0.2) is 12.1 Å². The maximum atomic E-state index is 12.0. The molecule has 1 aromatic rings. The Bertz CT molecular complexity index is 506. The van der Waals surface area contributed by atoms with Crippen LogP contribution < -0.4 is 4.74 Å². The quantitative estimate of drug-likeness (QED) is 0.804. The second kappa shape index (κ2) is 4.68. The molecule has 0 spiro atoms. The highest BCUT2D eigenvalue weighted by Crippen LogP contribution is 2.34. The van der Waals surface area contributed by atoms with Crippen LogP contribution in [0.5, 0.6) is 11.5 Å². The summed E-state index contributed by atoms with van der Waals surface area (Å²) < 4.78 is 10.1. The maximum Gasteiger partial charge on any atom is 0.310 e. The number of benzene rings is 1. The fourth-order valence-electron chi connectivity index (χ4n) is 2.06. The summed E-state index contributed by atoms with van der Waals surface area (Å²) in [6.45, 7) is 1.78. The van der Waals surface area contributed by atoms with Crippen molar-refractivity contribution >= 4 is 11.8 Å². The van der Waals surface area contributed by atoms with Gasteiger partial charge < -0.3 is 14.6 Å². The van der Waals surface area contributed by atoms with Crippen LogP contribution >= 0.6 is 0 Å². The van der Waals surface area contributed by atoms with E-state index in [1.807, 2.05) is 0 Å². The van der Waals surface area contributed by atoms with Gasteiger partial charge in [0.15, 0.2) is 5.78 Å². The van der Waals surface area contributed by atoms with Crippen molar-refractivity contribution < 1.29 is 24.2 Å². The highest BCUT2D eigenvalue weighted by molar-refractivity contribution is 6.02. The molecule has 18 heavy (non-hydrogen) atoms. The van der Waals surface area contributed by atoms with Crippen LogP contribution in [0, 0.1) is 0 Å². The summed E-state index contributed by atoms with van der Waals surface area (Å²) >= 11 is 0. The standard InChI is InChI=1S/C13H14O5/c1-7-3-10(15)13-8(5-12(16)17-2)4-9(14)6-11(13)18-7/h4,6-7,14H,3,5H2,1-2H3. The molecule has 1 aliphatic heterocycles. The zero-order valence-electron chi connectivity index (χ0n) is 10.2. The molecule has 1 N–H and O–H groups in total. The predicted octanol–water partition coefficient (Wildman–Crippen LogP) is 1.46. The number of aromatic hydroxyl groups is 1. The molecular weight excluding hydrogens is 236 g/mol. The first-order chi connectivity index (χ1) is 8.51. The fourth-order valence-corrected chi connectivity index (χ4v) is 2.06. The summed E-state index contributed by atoms with van der Waals surface area (Å²) in [4.78, 5) is 23.3. The highest BCUT2D eigenvalue weighted by Gasteiger charge is 2.27. The first kappa shape index (κ1) is 12.4. The molecule has 2 rings (SSSR count). The molecule has 1 unspecified atom stereocenters. The van der Waals surface area contributed by atoms with Gasteiger partial charge in [0.05, 0.1) is 19.1 Å². The number of ketones is 1. The number of hydrogen-bond donors (Lipinski definition) is 1. The molecule has 0 bridgehead atoms. The average molecular weight is 250 g/mol. The Hall–Kier alpha value is -2.04. The molecule has 96 valence electrons. The van der Waals surface area contributed by atoms with Crippen molar-refractivity contribution in [2.75, 3.05) is 7.11 Å². The van der Waals surface area contributed by atoms with Gasteiger partial charge in [-0.25, -0.2) is 0 Å². The van der Waals surface area contributed by atoms with E-state index < -0.39 is 5.97 Å². The molecule has 0 radical (unpaired) electrons. The van der Waals surface area contributed by atoms with Crippen molar-refractivity contribution in [2.45, 2.75) is 25.9 Å². The van der Waals surface area contributed by atoms with Gasteiger partial charge in [-0.05, 0) is 18.6 Å². The lowest BCUT2D eigenvalue weighted by Crippen LogP contribution is -2.25. The number of carbonyl (C=O) groups is 2. The number of esters is 1. The lowest BCUT2D eigenvalue weighted by molar-refractivity contribution is -0.139. The van der Waals surface area contributed by atoms with Crippen LogP contribution in [0.4, 0.5) is 0 Å². The van der Waals surface area contributed by atoms with Crippen LogP contribution in [0.3, 0.4) is 0 Å². The Morgan fingerprint density at radius 1 is 1.56 bits per heavy atom. The van der Waals surface area contributed by atoms with Gasteiger partial charge in [-0.2, -0.15) is 0 Å². The molecule has 0 aliphatic carbocycles. The van der Waals surface area contributed by atoms with Crippen molar-refractivity contribution in [3.8, 4) is 11.5 Å². The molecule has 1 aliphatic rings. The Morgan fingerprint density at radius 2 is 2.28 bits per heavy atom. The Labute approximate surface area is 104 Å². The second-order valence-corrected chi connectivity index (χ2v) is 4.29. The maximum absolute atomic E-state index is 12.0. The largest absolute Gasteiger partial charge is 0.508 e. The fraction of sp³-hybridized carbons (Fsp3) is 0.385. The van der Waals surface area contributed by atoms with E-state index in [2.05, 4.69) is 4.74 Å². The second-order valence-electron chi connectivity index (χ2n) is 4.29. The SMILES string of the molecule is COC(=O)Cc1cc(O)cc2c1C(=O)CC(C)O2. The summed E-state index contributed by atoms with van der Waals surface area (Å²) in [5.41, 5.74) is 0.810. The molecule has 0 saturated carbocycles. The summed E-state index contributed by atoms with van der Waals surface area (Å²) in [5, 5.41) is 9.58. The lowest BCUT2D eigenvalue weighted by Gasteiger charge is -2.24.